The minimum atomic E-state index is -0.254. The molecule has 0 fully saturated rings. The third-order valence-electron chi connectivity index (χ3n) is 4.95. The number of para-hydroxylation sites is 1. The van der Waals surface area contributed by atoms with Gasteiger partial charge in [-0.1, -0.05) is 24.3 Å². The van der Waals surface area contributed by atoms with Crippen LogP contribution < -0.4 is 19.7 Å². The van der Waals surface area contributed by atoms with Gasteiger partial charge in [0.2, 0.25) is 0 Å². The summed E-state index contributed by atoms with van der Waals surface area (Å²) in [5.41, 5.74) is 3.65. The van der Waals surface area contributed by atoms with E-state index in [2.05, 4.69) is 32.3 Å². The van der Waals surface area contributed by atoms with Crippen molar-refractivity contribution in [2.24, 2.45) is 0 Å². The lowest BCUT2D eigenvalue weighted by Gasteiger charge is -2.18. The van der Waals surface area contributed by atoms with Crippen molar-refractivity contribution in [1.29, 1.82) is 0 Å². The molecule has 29 heavy (non-hydrogen) atoms. The predicted molar refractivity (Wildman–Crippen MR) is 110 cm³/mol. The Morgan fingerprint density at radius 2 is 1.90 bits per heavy atom. The van der Waals surface area contributed by atoms with Crippen molar-refractivity contribution in [1.82, 2.24) is 15.3 Å². The SMILES string of the molecule is COc1ccc(CNC(=O)c2cc(N3CCc4ccccc43)ncn2)cc1OC. The number of nitrogens with one attached hydrogen (secondary N) is 1. The van der Waals surface area contributed by atoms with E-state index in [0.717, 1.165) is 30.0 Å². The molecule has 0 unspecified atom stereocenters. The molecule has 1 aromatic heterocycles. The maximum atomic E-state index is 12.6. The van der Waals surface area contributed by atoms with Gasteiger partial charge in [0.05, 0.1) is 14.2 Å². The number of amides is 1. The molecule has 0 spiro atoms. The van der Waals surface area contributed by atoms with Crippen LogP contribution >= 0.6 is 0 Å². The number of benzene rings is 2. The molecule has 7 nitrogen and oxygen atoms in total. The van der Waals surface area contributed by atoms with Crippen molar-refractivity contribution in [2.45, 2.75) is 13.0 Å². The maximum Gasteiger partial charge on any atom is 0.270 e. The highest BCUT2D eigenvalue weighted by atomic mass is 16.5. The number of fused-ring (bicyclic) bond motifs is 1. The van der Waals surface area contributed by atoms with Gasteiger partial charge < -0.3 is 19.7 Å². The number of rotatable bonds is 6. The molecule has 0 saturated heterocycles. The van der Waals surface area contributed by atoms with E-state index in [9.17, 15) is 4.79 Å². The van der Waals surface area contributed by atoms with Gasteiger partial charge in [-0.3, -0.25) is 4.79 Å². The number of carbonyl (C=O) groups is 1. The van der Waals surface area contributed by atoms with Gasteiger partial charge in [0.15, 0.2) is 11.5 Å². The van der Waals surface area contributed by atoms with E-state index >= 15 is 0 Å². The van der Waals surface area contributed by atoms with Gasteiger partial charge >= 0.3 is 0 Å². The Hall–Kier alpha value is -3.61. The van der Waals surface area contributed by atoms with Crippen LogP contribution in [0.2, 0.25) is 0 Å². The van der Waals surface area contributed by atoms with Crippen molar-refractivity contribution in [2.75, 3.05) is 25.7 Å². The van der Waals surface area contributed by atoms with Crippen LogP contribution in [0.15, 0.2) is 54.9 Å². The monoisotopic (exact) mass is 390 g/mol. The molecular weight excluding hydrogens is 368 g/mol. The molecule has 0 atom stereocenters. The summed E-state index contributed by atoms with van der Waals surface area (Å²) in [6.45, 7) is 1.19. The van der Waals surface area contributed by atoms with E-state index in [4.69, 9.17) is 9.47 Å². The molecule has 0 aliphatic carbocycles. The second-order valence-electron chi connectivity index (χ2n) is 6.66. The third kappa shape index (κ3) is 3.85. The Kier molecular flexibility index (Phi) is 5.29. The zero-order valence-electron chi connectivity index (χ0n) is 16.4. The zero-order valence-corrected chi connectivity index (χ0v) is 16.4. The molecule has 0 radical (unpaired) electrons. The van der Waals surface area contributed by atoms with Crippen LogP contribution in [-0.2, 0) is 13.0 Å². The van der Waals surface area contributed by atoms with Crippen LogP contribution in [0, 0.1) is 0 Å². The Balaban J connectivity index is 1.47. The summed E-state index contributed by atoms with van der Waals surface area (Å²) in [5.74, 6) is 1.74. The fourth-order valence-corrected chi connectivity index (χ4v) is 3.46. The summed E-state index contributed by atoms with van der Waals surface area (Å²) in [7, 11) is 3.17. The van der Waals surface area contributed by atoms with Gasteiger partial charge in [-0.05, 0) is 35.7 Å². The molecule has 1 amide bonds. The van der Waals surface area contributed by atoms with Gasteiger partial charge in [-0.2, -0.15) is 0 Å². The van der Waals surface area contributed by atoms with Gasteiger partial charge in [-0.25, -0.2) is 9.97 Å². The number of anilines is 2. The van der Waals surface area contributed by atoms with E-state index in [-0.39, 0.29) is 5.91 Å². The number of carbonyl (C=O) groups excluding carboxylic acids is 1. The Morgan fingerprint density at radius 1 is 1.07 bits per heavy atom. The van der Waals surface area contributed by atoms with E-state index < -0.39 is 0 Å². The van der Waals surface area contributed by atoms with Crippen LogP contribution in [0.5, 0.6) is 11.5 Å². The largest absolute Gasteiger partial charge is 0.493 e. The van der Waals surface area contributed by atoms with Gasteiger partial charge in [0, 0.05) is 24.8 Å². The first-order chi connectivity index (χ1) is 14.2. The van der Waals surface area contributed by atoms with Crippen molar-refractivity contribution < 1.29 is 14.3 Å². The molecule has 4 rings (SSSR count). The average Bonchev–Trinajstić information content (AvgIpc) is 3.21. The van der Waals surface area contributed by atoms with E-state index in [1.54, 1.807) is 20.3 Å². The normalized spacial score (nSPS) is 12.4. The zero-order chi connectivity index (χ0) is 20.2. The van der Waals surface area contributed by atoms with Gasteiger partial charge in [0.1, 0.15) is 17.8 Å². The van der Waals surface area contributed by atoms with Crippen LogP contribution in [-0.4, -0.2) is 36.6 Å². The lowest BCUT2D eigenvalue weighted by molar-refractivity contribution is 0.0945. The van der Waals surface area contributed by atoms with Crippen LogP contribution in [0.1, 0.15) is 21.6 Å². The first-order valence-corrected chi connectivity index (χ1v) is 9.36. The van der Waals surface area contributed by atoms with Gasteiger partial charge in [0.25, 0.3) is 5.91 Å². The van der Waals surface area contributed by atoms with Gasteiger partial charge in [-0.15, -0.1) is 0 Å². The number of aromatic nitrogens is 2. The minimum Gasteiger partial charge on any atom is -0.493 e. The average molecular weight is 390 g/mol. The molecule has 2 heterocycles. The topological polar surface area (TPSA) is 76.6 Å². The Labute approximate surface area is 169 Å². The fraction of sp³-hybridized carbons (Fsp3) is 0.227. The maximum absolute atomic E-state index is 12.6. The molecule has 0 bridgehead atoms. The number of nitrogens with zero attached hydrogens (tertiary/aromatic N) is 3. The Bertz CT molecular complexity index is 1040. The Morgan fingerprint density at radius 3 is 2.72 bits per heavy atom. The number of methoxy groups -OCH3 is 2. The molecular formula is C22H22N4O3. The van der Waals surface area contributed by atoms with Crippen LogP contribution in [0.3, 0.4) is 0 Å². The number of hydrogen-bond acceptors (Lipinski definition) is 6. The number of hydrogen-bond donors (Lipinski definition) is 1. The van der Waals surface area contributed by atoms with E-state index in [1.807, 2.05) is 30.3 Å². The highest BCUT2D eigenvalue weighted by Crippen LogP contribution is 2.33. The lowest BCUT2D eigenvalue weighted by Crippen LogP contribution is -2.24. The highest BCUT2D eigenvalue weighted by Gasteiger charge is 2.22. The summed E-state index contributed by atoms with van der Waals surface area (Å²) in [6, 6.07) is 15.5. The van der Waals surface area contributed by atoms with Crippen molar-refractivity contribution in [3.8, 4) is 11.5 Å². The first kappa shape index (κ1) is 18.7. The number of ether oxygens (including phenoxy) is 2. The quantitative estimate of drug-likeness (QED) is 0.697. The lowest BCUT2D eigenvalue weighted by atomic mass is 10.2. The second-order valence-corrected chi connectivity index (χ2v) is 6.66. The molecule has 148 valence electrons. The molecule has 1 aliphatic heterocycles. The van der Waals surface area contributed by atoms with Crippen LogP contribution in [0.4, 0.5) is 11.5 Å². The standard InChI is InChI=1S/C22H22N4O3/c1-28-19-8-7-15(11-20(19)29-2)13-23-22(27)17-12-21(25-14-24-17)26-10-9-16-5-3-4-6-18(16)26/h3-8,11-12,14H,9-10,13H2,1-2H3,(H,23,27). The third-order valence-corrected chi connectivity index (χ3v) is 4.95. The van der Waals surface area contributed by atoms with E-state index in [0.29, 0.717) is 23.7 Å². The molecule has 7 heteroatoms. The molecule has 1 N–H and O–H groups in total. The molecule has 2 aromatic carbocycles. The first-order valence-electron chi connectivity index (χ1n) is 9.36. The highest BCUT2D eigenvalue weighted by molar-refractivity contribution is 5.93. The summed E-state index contributed by atoms with van der Waals surface area (Å²) in [5, 5.41) is 2.90. The van der Waals surface area contributed by atoms with Crippen molar-refractivity contribution >= 4 is 17.4 Å². The summed E-state index contributed by atoms with van der Waals surface area (Å²) >= 11 is 0. The van der Waals surface area contributed by atoms with Crippen molar-refractivity contribution in [3.05, 3.63) is 71.7 Å². The second kappa shape index (κ2) is 8.18. The summed E-state index contributed by atoms with van der Waals surface area (Å²) in [4.78, 5) is 23.3. The van der Waals surface area contributed by atoms with E-state index in [1.165, 1.54) is 11.9 Å². The molecule has 1 aliphatic rings. The molecule has 0 saturated carbocycles. The summed E-state index contributed by atoms with van der Waals surface area (Å²) in [6.07, 6.45) is 2.39. The van der Waals surface area contributed by atoms with Crippen LogP contribution in [0.25, 0.3) is 0 Å². The van der Waals surface area contributed by atoms with Crippen molar-refractivity contribution in [3.63, 3.8) is 0 Å². The molecule has 3 aromatic rings. The predicted octanol–water partition coefficient (Wildman–Crippen LogP) is 3.12. The smallest absolute Gasteiger partial charge is 0.270 e. The fourth-order valence-electron chi connectivity index (χ4n) is 3.46. The minimum absolute atomic E-state index is 0.254. The summed E-state index contributed by atoms with van der Waals surface area (Å²) < 4.78 is 10.5.